The molecular formula is C18H23NO4S. The van der Waals surface area contributed by atoms with Crippen LogP contribution in [0.3, 0.4) is 0 Å². The van der Waals surface area contributed by atoms with Crippen LogP contribution in [0.2, 0.25) is 0 Å². The van der Waals surface area contributed by atoms with Crippen LogP contribution in [-0.4, -0.2) is 31.8 Å². The molecule has 0 aliphatic rings. The van der Waals surface area contributed by atoms with Crippen LogP contribution in [0.4, 0.5) is 0 Å². The zero-order valence-corrected chi connectivity index (χ0v) is 14.2. The first kappa shape index (κ1) is 18.6. The third-order valence-corrected chi connectivity index (χ3v) is 5.24. The average Bonchev–Trinajstić information content (AvgIpc) is 2.61. The second kappa shape index (κ2) is 8.94. The molecule has 3 N–H and O–H groups in total. The number of aliphatic hydroxyl groups excluding tert-OH is 2. The van der Waals surface area contributed by atoms with Gasteiger partial charge in [0.05, 0.1) is 11.0 Å². The lowest BCUT2D eigenvalue weighted by Crippen LogP contribution is -2.25. The van der Waals surface area contributed by atoms with E-state index in [1.54, 1.807) is 30.3 Å². The molecule has 5 nitrogen and oxygen atoms in total. The summed E-state index contributed by atoms with van der Waals surface area (Å²) in [6.45, 7) is 0.375. The molecule has 2 rings (SSSR count). The van der Waals surface area contributed by atoms with E-state index >= 15 is 0 Å². The van der Waals surface area contributed by atoms with E-state index in [1.165, 1.54) is 0 Å². The molecule has 0 saturated carbocycles. The van der Waals surface area contributed by atoms with E-state index in [9.17, 15) is 13.5 Å². The Balaban J connectivity index is 1.86. The molecule has 2 aromatic carbocycles. The molecule has 0 amide bonds. The molecule has 0 aliphatic heterocycles. The minimum Gasteiger partial charge on any atom is -0.396 e. The Hall–Kier alpha value is -1.73. The largest absolute Gasteiger partial charge is 0.396 e. The first-order chi connectivity index (χ1) is 11.5. The molecule has 1 atom stereocenters. The summed E-state index contributed by atoms with van der Waals surface area (Å²) < 4.78 is 26.8. The Labute approximate surface area is 143 Å². The van der Waals surface area contributed by atoms with Crippen molar-refractivity contribution < 1.29 is 18.6 Å². The summed E-state index contributed by atoms with van der Waals surface area (Å²) in [5.41, 5.74) is 1.79. The van der Waals surface area contributed by atoms with Gasteiger partial charge >= 0.3 is 0 Å². The van der Waals surface area contributed by atoms with Crippen molar-refractivity contribution in [2.75, 3.05) is 13.2 Å². The van der Waals surface area contributed by atoms with Crippen molar-refractivity contribution in [3.63, 3.8) is 0 Å². The summed E-state index contributed by atoms with van der Waals surface area (Å²) in [5, 5.41) is 18.7. The Bertz CT molecular complexity index is 714. The molecule has 0 spiro atoms. The van der Waals surface area contributed by atoms with Gasteiger partial charge in [-0.1, -0.05) is 42.5 Å². The average molecular weight is 349 g/mol. The molecule has 6 heteroatoms. The molecule has 0 fully saturated rings. The minimum absolute atomic E-state index is 0.0662. The van der Waals surface area contributed by atoms with Gasteiger partial charge in [-0.05, 0) is 42.5 Å². The highest BCUT2D eigenvalue weighted by Gasteiger charge is 2.12. The van der Waals surface area contributed by atoms with E-state index in [0.717, 1.165) is 11.1 Å². The van der Waals surface area contributed by atoms with Gasteiger partial charge in [0.15, 0.2) is 0 Å². The number of benzene rings is 2. The summed E-state index contributed by atoms with van der Waals surface area (Å²) in [6, 6.07) is 15.7. The number of hydrogen-bond acceptors (Lipinski definition) is 4. The van der Waals surface area contributed by atoms with Crippen LogP contribution >= 0.6 is 0 Å². The number of aliphatic hydroxyl groups is 2. The first-order valence-electron chi connectivity index (χ1n) is 7.95. The fourth-order valence-corrected chi connectivity index (χ4v) is 3.42. The number of hydrogen-bond donors (Lipinski definition) is 3. The fourth-order valence-electron chi connectivity index (χ4n) is 2.37. The summed E-state index contributed by atoms with van der Waals surface area (Å²) >= 11 is 0. The summed E-state index contributed by atoms with van der Waals surface area (Å²) in [4.78, 5) is 0.257. The molecule has 0 aliphatic carbocycles. The van der Waals surface area contributed by atoms with E-state index in [2.05, 4.69) is 4.72 Å². The maximum atomic E-state index is 12.1. The molecule has 0 heterocycles. The van der Waals surface area contributed by atoms with Crippen molar-refractivity contribution >= 4 is 10.0 Å². The topological polar surface area (TPSA) is 86.6 Å². The summed E-state index contributed by atoms with van der Waals surface area (Å²) in [7, 11) is -3.48. The van der Waals surface area contributed by atoms with E-state index in [4.69, 9.17) is 5.11 Å². The van der Waals surface area contributed by atoms with Crippen molar-refractivity contribution in [3.8, 4) is 0 Å². The monoisotopic (exact) mass is 349 g/mol. The maximum Gasteiger partial charge on any atom is 0.240 e. The number of sulfonamides is 1. The van der Waals surface area contributed by atoms with Crippen LogP contribution in [0.1, 0.15) is 30.1 Å². The van der Waals surface area contributed by atoms with Crippen LogP contribution < -0.4 is 4.72 Å². The van der Waals surface area contributed by atoms with Crippen LogP contribution in [0, 0.1) is 0 Å². The lowest BCUT2D eigenvalue weighted by atomic mass is 10.0. The van der Waals surface area contributed by atoms with Crippen molar-refractivity contribution in [3.05, 3.63) is 65.7 Å². The van der Waals surface area contributed by atoms with Gasteiger partial charge in [-0.25, -0.2) is 13.1 Å². The smallest absolute Gasteiger partial charge is 0.240 e. The van der Waals surface area contributed by atoms with Gasteiger partial charge in [0.1, 0.15) is 0 Å². The first-order valence-corrected chi connectivity index (χ1v) is 9.44. The molecule has 2 aromatic rings. The quantitative estimate of drug-likeness (QED) is 0.646. The Morgan fingerprint density at radius 1 is 1.00 bits per heavy atom. The minimum atomic E-state index is -3.48. The molecule has 0 saturated heterocycles. The second-order valence-corrected chi connectivity index (χ2v) is 7.35. The molecule has 1 unspecified atom stereocenters. The predicted octanol–water partition coefficient (Wildman–Crippen LogP) is 2.01. The molecule has 0 aromatic heterocycles. The lowest BCUT2D eigenvalue weighted by molar-refractivity contribution is 0.152. The molecule has 0 radical (unpaired) electrons. The van der Waals surface area contributed by atoms with Crippen LogP contribution in [0.5, 0.6) is 0 Å². The van der Waals surface area contributed by atoms with Crippen LogP contribution in [-0.2, 0) is 16.4 Å². The van der Waals surface area contributed by atoms with E-state index in [0.29, 0.717) is 25.8 Å². The number of rotatable bonds is 9. The predicted molar refractivity (Wildman–Crippen MR) is 93.1 cm³/mol. The third kappa shape index (κ3) is 5.42. The molecule has 130 valence electrons. The van der Waals surface area contributed by atoms with E-state index < -0.39 is 16.1 Å². The van der Waals surface area contributed by atoms with Crippen LogP contribution in [0.15, 0.2) is 59.5 Å². The zero-order valence-electron chi connectivity index (χ0n) is 13.4. The van der Waals surface area contributed by atoms with Gasteiger partial charge in [-0.15, -0.1) is 0 Å². The van der Waals surface area contributed by atoms with Gasteiger partial charge < -0.3 is 10.2 Å². The maximum absolute atomic E-state index is 12.1. The van der Waals surface area contributed by atoms with E-state index in [-0.39, 0.29) is 11.5 Å². The highest BCUT2D eigenvalue weighted by molar-refractivity contribution is 7.89. The zero-order chi connectivity index (χ0) is 17.4. The van der Waals surface area contributed by atoms with Gasteiger partial charge in [-0.2, -0.15) is 0 Å². The Morgan fingerprint density at radius 2 is 1.67 bits per heavy atom. The van der Waals surface area contributed by atoms with Crippen molar-refractivity contribution in [2.24, 2.45) is 0 Å². The van der Waals surface area contributed by atoms with Gasteiger partial charge in [0.25, 0.3) is 0 Å². The highest BCUT2D eigenvalue weighted by atomic mass is 32.2. The van der Waals surface area contributed by atoms with Crippen molar-refractivity contribution in [1.82, 2.24) is 4.72 Å². The van der Waals surface area contributed by atoms with Crippen LogP contribution in [0.25, 0.3) is 0 Å². The Kier molecular flexibility index (Phi) is 6.93. The Morgan fingerprint density at radius 3 is 2.29 bits per heavy atom. The summed E-state index contributed by atoms with van der Waals surface area (Å²) in [5.74, 6) is 0. The SMILES string of the molecule is O=S(=O)(NCCc1ccc(C(O)CCCO)cc1)c1ccccc1. The number of nitrogens with one attached hydrogen (secondary N) is 1. The molecule has 24 heavy (non-hydrogen) atoms. The lowest BCUT2D eigenvalue weighted by Gasteiger charge is -2.11. The fraction of sp³-hybridized carbons (Fsp3) is 0.333. The van der Waals surface area contributed by atoms with Crippen molar-refractivity contribution in [2.45, 2.75) is 30.3 Å². The summed E-state index contributed by atoms with van der Waals surface area (Å²) in [6.07, 6.45) is 1.07. The standard InChI is InChI=1S/C18H23NO4S/c20-14-4-7-18(21)16-10-8-15(9-11-16)12-13-19-24(22,23)17-5-2-1-3-6-17/h1-3,5-6,8-11,18-21H,4,7,12-14H2. The molecule has 0 bridgehead atoms. The second-order valence-electron chi connectivity index (χ2n) is 5.58. The van der Waals surface area contributed by atoms with Gasteiger partial charge in [0, 0.05) is 13.2 Å². The highest BCUT2D eigenvalue weighted by Crippen LogP contribution is 2.18. The normalized spacial score (nSPS) is 12.9. The van der Waals surface area contributed by atoms with Crippen molar-refractivity contribution in [1.29, 1.82) is 0 Å². The third-order valence-electron chi connectivity index (χ3n) is 3.76. The molecular weight excluding hydrogens is 326 g/mol. The van der Waals surface area contributed by atoms with Gasteiger partial charge in [0.2, 0.25) is 10.0 Å². The van der Waals surface area contributed by atoms with Gasteiger partial charge in [-0.3, -0.25) is 0 Å². The van der Waals surface area contributed by atoms with E-state index in [1.807, 2.05) is 24.3 Å².